The maximum absolute atomic E-state index is 12.0. The molecule has 0 aromatic carbocycles. The third kappa shape index (κ3) is 2.54. The average Bonchev–Trinajstić information content (AvgIpc) is 2.81. The minimum absolute atomic E-state index is 0.232. The molecule has 18 heavy (non-hydrogen) atoms. The van der Waals surface area contributed by atoms with E-state index in [4.69, 9.17) is 17.0 Å². The maximum Gasteiger partial charge on any atom is 0.338 e. The van der Waals surface area contributed by atoms with Crippen molar-refractivity contribution in [3.8, 4) is 0 Å². The lowest BCUT2D eigenvalue weighted by molar-refractivity contribution is -0.139. The van der Waals surface area contributed by atoms with Crippen molar-refractivity contribution in [1.82, 2.24) is 10.6 Å². The predicted octanol–water partition coefficient (Wildman–Crippen LogP) is 2.10. The minimum atomic E-state index is -0.311. The summed E-state index contributed by atoms with van der Waals surface area (Å²) in [7, 11) is 0. The normalized spacial score (nSPS) is 19.2. The van der Waals surface area contributed by atoms with E-state index in [-0.39, 0.29) is 12.0 Å². The summed E-state index contributed by atoms with van der Waals surface area (Å²) in [6.07, 6.45) is 0. The van der Waals surface area contributed by atoms with Crippen LogP contribution in [0.2, 0.25) is 0 Å². The lowest BCUT2D eigenvalue weighted by Crippen LogP contribution is -2.45. The van der Waals surface area contributed by atoms with Gasteiger partial charge < -0.3 is 15.4 Å². The van der Waals surface area contributed by atoms with E-state index < -0.39 is 0 Å². The van der Waals surface area contributed by atoms with Crippen LogP contribution in [0.5, 0.6) is 0 Å². The predicted molar refractivity (Wildman–Crippen MR) is 75.3 cm³/mol. The second-order valence-electron chi connectivity index (χ2n) is 3.85. The van der Waals surface area contributed by atoms with Crippen molar-refractivity contribution in [3.63, 3.8) is 0 Å². The summed E-state index contributed by atoms with van der Waals surface area (Å²) < 4.78 is 5.10. The van der Waals surface area contributed by atoms with Crippen LogP contribution in [0.4, 0.5) is 0 Å². The smallest absolute Gasteiger partial charge is 0.338 e. The summed E-state index contributed by atoms with van der Waals surface area (Å²) in [6.45, 7) is 3.98. The van der Waals surface area contributed by atoms with Crippen LogP contribution < -0.4 is 10.6 Å². The Morgan fingerprint density at radius 2 is 2.39 bits per heavy atom. The molecule has 0 spiro atoms. The van der Waals surface area contributed by atoms with Gasteiger partial charge in [-0.15, -0.1) is 0 Å². The van der Waals surface area contributed by atoms with Crippen molar-refractivity contribution in [2.24, 2.45) is 0 Å². The Hall–Kier alpha value is -1.40. The number of thiocarbonyl (C=S) groups is 1. The highest BCUT2D eigenvalue weighted by molar-refractivity contribution is 7.80. The Balaban J connectivity index is 2.38. The third-order valence-corrected chi connectivity index (χ3v) is 3.56. The number of esters is 1. The molecule has 1 atom stereocenters. The number of ether oxygens (including phenoxy) is 1. The highest BCUT2D eigenvalue weighted by Gasteiger charge is 2.30. The molecule has 0 radical (unpaired) electrons. The highest BCUT2D eigenvalue weighted by atomic mass is 32.1. The molecule has 1 aromatic heterocycles. The Bertz CT molecular complexity index is 494. The van der Waals surface area contributed by atoms with Gasteiger partial charge in [0.2, 0.25) is 0 Å². The molecule has 0 bridgehead atoms. The second-order valence-corrected chi connectivity index (χ2v) is 5.04. The number of nitrogens with one attached hydrogen (secondary N) is 2. The van der Waals surface area contributed by atoms with Gasteiger partial charge in [0.1, 0.15) is 0 Å². The van der Waals surface area contributed by atoms with Crippen LogP contribution in [0.3, 0.4) is 0 Å². The van der Waals surface area contributed by atoms with Gasteiger partial charge in [0.25, 0.3) is 0 Å². The second kappa shape index (κ2) is 5.49. The Kier molecular flexibility index (Phi) is 3.98. The zero-order chi connectivity index (χ0) is 13.1. The molecule has 0 fully saturated rings. The fourth-order valence-electron chi connectivity index (χ4n) is 1.86. The first-order chi connectivity index (χ1) is 8.63. The van der Waals surface area contributed by atoms with Gasteiger partial charge in [0.05, 0.1) is 18.2 Å². The maximum atomic E-state index is 12.0. The lowest BCUT2D eigenvalue weighted by Gasteiger charge is -2.29. The number of carbonyl (C=O) groups is 1. The molecule has 1 aromatic rings. The van der Waals surface area contributed by atoms with Gasteiger partial charge in [-0.05, 0) is 48.5 Å². The summed E-state index contributed by atoms with van der Waals surface area (Å²) >= 11 is 6.72. The molecule has 96 valence electrons. The van der Waals surface area contributed by atoms with E-state index in [1.54, 1.807) is 18.3 Å². The number of hydrogen-bond donors (Lipinski definition) is 2. The van der Waals surface area contributed by atoms with E-state index >= 15 is 0 Å². The molecule has 0 amide bonds. The molecular weight excluding hydrogens is 268 g/mol. The van der Waals surface area contributed by atoms with Crippen LogP contribution in [0, 0.1) is 0 Å². The van der Waals surface area contributed by atoms with Crippen LogP contribution in [0.15, 0.2) is 28.1 Å². The summed E-state index contributed by atoms with van der Waals surface area (Å²) in [4.78, 5) is 12.0. The van der Waals surface area contributed by atoms with Crippen LogP contribution in [-0.4, -0.2) is 17.7 Å². The van der Waals surface area contributed by atoms with Crippen molar-refractivity contribution in [1.29, 1.82) is 0 Å². The molecule has 2 N–H and O–H groups in total. The van der Waals surface area contributed by atoms with E-state index in [0.29, 0.717) is 17.3 Å². The van der Waals surface area contributed by atoms with E-state index in [9.17, 15) is 4.79 Å². The van der Waals surface area contributed by atoms with Crippen LogP contribution in [-0.2, 0) is 9.53 Å². The summed E-state index contributed by atoms with van der Waals surface area (Å²) in [5.41, 5.74) is 2.35. The molecular formula is C12H14N2O2S2. The number of allylic oxidation sites excluding steroid dienone is 1. The van der Waals surface area contributed by atoms with E-state index in [0.717, 1.165) is 11.3 Å². The van der Waals surface area contributed by atoms with E-state index in [1.807, 2.05) is 23.8 Å². The number of hydrogen-bond acceptors (Lipinski definition) is 4. The van der Waals surface area contributed by atoms with E-state index in [2.05, 4.69) is 10.6 Å². The fourth-order valence-corrected chi connectivity index (χ4v) is 2.82. The van der Waals surface area contributed by atoms with E-state index in [1.165, 1.54) is 0 Å². The number of rotatable bonds is 3. The Labute approximate surface area is 115 Å². The van der Waals surface area contributed by atoms with Gasteiger partial charge in [0.15, 0.2) is 5.11 Å². The quantitative estimate of drug-likeness (QED) is 0.657. The molecule has 2 rings (SSSR count). The number of thiophene rings is 1. The Morgan fingerprint density at radius 1 is 1.61 bits per heavy atom. The molecule has 4 nitrogen and oxygen atoms in total. The lowest BCUT2D eigenvalue weighted by atomic mass is 9.98. The molecule has 0 aliphatic carbocycles. The first-order valence-corrected chi connectivity index (χ1v) is 6.96. The van der Waals surface area contributed by atoms with Crippen molar-refractivity contribution in [2.45, 2.75) is 19.9 Å². The van der Waals surface area contributed by atoms with Crippen LogP contribution in [0.25, 0.3) is 0 Å². The van der Waals surface area contributed by atoms with Crippen molar-refractivity contribution in [2.75, 3.05) is 6.61 Å². The largest absolute Gasteiger partial charge is 0.463 e. The monoisotopic (exact) mass is 282 g/mol. The van der Waals surface area contributed by atoms with Gasteiger partial charge in [-0.1, -0.05) is 0 Å². The number of carbonyl (C=O) groups excluding carboxylic acids is 1. The summed E-state index contributed by atoms with van der Waals surface area (Å²) in [5.74, 6) is -0.311. The van der Waals surface area contributed by atoms with Gasteiger partial charge in [0, 0.05) is 5.70 Å². The van der Waals surface area contributed by atoms with Gasteiger partial charge in [-0.25, -0.2) is 4.79 Å². The average molecular weight is 282 g/mol. The zero-order valence-corrected chi connectivity index (χ0v) is 11.8. The molecule has 0 saturated carbocycles. The first-order valence-electron chi connectivity index (χ1n) is 5.61. The zero-order valence-electron chi connectivity index (χ0n) is 10.1. The van der Waals surface area contributed by atoms with Crippen LogP contribution >= 0.6 is 23.6 Å². The standard InChI is InChI=1S/C12H14N2O2S2/c1-3-16-11(15)9-7(2)13-12(17)14-10(9)8-4-5-18-6-8/h4-6,10H,3H2,1-2H3,(H2,13,14,17). The minimum Gasteiger partial charge on any atom is -0.463 e. The topological polar surface area (TPSA) is 50.4 Å². The van der Waals surface area contributed by atoms with Gasteiger partial charge in [-0.3, -0.25) is 0 Å². The SMILES string of the molecule is CCOC(=O)C1=C(C)NC(=S)NC1c1ccsc1. The first kappa shape index (κ1) is 13.0. The fraction of sp³-hybridized carbons (Fsp3) is 0.333. The summed E-state index contributed by atoms with van der Waals surface area (Å²) in [6, 6.07) is 1.74. The van der Waals surface area contributed by atoms with Gasteiger partial charge in [-0.2, -0.15) is 11.3 Å². The van der Waals surface area contributed by atoms with Crippen molar-refractivity contribution in [3.05, 3.63) is 33.7 Å². The Morgan fingerprint density at radius 3 is 3.00 bits per heavy atom. The molecule has 1 aliphatic heterocycles. The third-order valence-electron chi connectivity index (χ3n) is 2.64. The molecule has 1 unspecified atom stereocenters. The van der Waals surface area contributed by atoms with Crippen molar-refractivity contribution < 1.29 is 9.53 Å². The summed E-state index contributed by atoms with van der Waals surface area (Å²) in [5, 5.41) is 10.6. The van der Waals surface area contributed by atoms with Gasteiger partial charge >= 0.3 is 5.97 Å². The highest BCUT2D eigenvalue weighted by Crippen LogP contribution is 2.28. The molecule has 6 heteroatoms. The molecule has 1 aliphatic rings. The van der Waals surface area contributed by atoms with Crippen LogP contribution in [0.1, 0.15) is 25.5 Å². The molecule has 2 heterocycles. The van der Waals surface area contributed by atoms with Crippen molar-refractivity contribution >= 4 is 34.6 Å². The molecule has 0 saturated heterocycles.